The minimum Gasteiger partial charge on any atom is -0.394 e. The Morgan fingerprint density at radius 3 is 2.61 bits per heavy atom. The lowest BCUT2D eigenvalue weighted by Crippen LogP contribution is -2.23. The molecule has 1 aromatic carbocycles. The molecule has 0 aromatic heterocycles. The van der Waals surface area contributed by atoms with Gasteiger partial charge in [0.15, 0.2) is 0 Å². The van der Waals surface area contributed by atoms with Crippen LogP contribution in [0, 0.1) is 0 Å². The number of aliphatic hydroxyl groups is 2. The van der Waals surface area contributed by atoms with Crippen molar-refractivity contribution in [1.29, 1.82) is 0 Å². The monoisotopic (exact) mass is 301 g/mol. The van der Waals surface area contributed by atoms with Crippen molar-refractivity contribution in [3.05, 3.63) is 23.2 Å². The van der Waals surface area contributed by atoms with Gasteiger partial charge in [0.2, 0.25) is 0 Å². The highest BCUT2D eigenvalue weighted by Crippen LogP contribution is 2.39. The molecule has 0 radical (unpaired) electrons. The number of benzene rings is 1. The Morgan fingerprint density at radius 2 is 2.06 bits per heavy atom. The van der Waals surface area contributed by atoms with Gasteiger partial charge in [0, 0.05) is 11.4 Å². The molecule has 3 N–H and O–H groups in total. The lowest BCUT2D eigenvalue weighted by Gasteiger charge is -2.13. The minimum atomic E-state index is -4.37. The number of alkyl halides is 3. The number of nitrogens with one attached hydrogen (secondary N) is 1. The summed E-state index contributed by atoms with van der Waals surface area (Å²) in [7, 11) is 0. The van der Waals surface area contributed by atoms with Gasteiger partial charge in [-0.05, 0) is 30.0 Å². The summed E-state index contributed by atoms with van der Waals surface area (Å²) in [6.45, 7) is -0.446. The van der Waals surface area contributed by atoms with E-state index in [0.29, 0.717) is 0 Å². The van der Waals surface area contributed by atoms with Gasteiger partial charge >= 0.3 is 5.51 Å². The molecule has 1 rings (SSSR count). The Kier molecular flexibility index (Phi) is 5.58. The third-order valence-corrected chi connectivity index (χ3v) is 2.96. The van der Waals surface area contributed by atoms with Crippen LogP contribution in [0.25, 0.3) is 0 Å². The van der Waals surface area contributed by atoms with Gasteiger partial charge in [-0.2, -0.15) is 13.2 Å². The van der Waals surface area contributed by atoms with Gasteiger partial charge in [0.05, 0.1) is 23.4 Å². The zero-order valence-electron chi connectivity index (χ0n) is 9.04. The molecule has 102 valence electrons. The van der Waals surface area contributed by atoms with Gasteiger partial charge < -0.3 is 15.5 Å². The zero-order valence-corrected chi connectivity index (χ0v) is 10.6. The highest BCUT2D eigenvalue weighted by molar-refractivity contribution is 8.00. The van der Waals surface area contributed by atoms with Crippen LogP contribution in [0.3, 0.4) is 0 Å². The van der Waals surface area contributed by atoms with Crippen LogP contribution in [0.1, 0.15) is 0 Å². The summed E-state index contributed by atoms with van der Waals surface area (Å²) < 4.78 is 36.5. The quantitative estimate of drug-likeness (QED) is 0.732. The molecule has 0 fully saturated rings. The van der Waals surface area contributed by atoms with Crippen molar-refractivity contribution in [2.75, 3.05) is 18.5 Å². The zero-order chi connectivity index (χ0) is 13.8. The standard InChI is InChI=1S/C10H11ClF3NO2S/c11-8-2-1-7(18-10(12,13)14)3-9(8)15-4-6(17)5-16/h1-3,6,15-17H,4-5H2. The number of hydrogen-bond donors (Lipinski definition) is 3. The maximum Gasteiger partial charge on any atom is 0.446 e. The molecule has 0 saturated carbocycles. The smallest absolute Gasteiger partial charge is 0.394 e. The highest BCUT2D eigenvalue weighted by Gasteiger charge is 2.29. The van der Waals surface area contributed by atoms with E-state index in [4.69, 9.17) is 21.8 Å². The Morgan fingerprint density at radius 1 is 1.39 bits per heavy atom. The number of rotatable bonds is 5. The van der Waals surface area contributed by atoms with E-state index in [2.05, 4.69) is 5.32 Å². The van der Waals surface area contributed by atoms with E-state index in [1.807, 2.05) is 0 Å². The van der Waals surface area contributed by atoms with Crippen molar-refractivity contribution < 1.29 is 23.4 Å². The van der Waals surface area contributed by atoms with Crippen LogP contribution in [0.5, 0.6) is 0 Å². The second-order valence-corrected chi connectivity index (χ2v) is 4.95. The predicted molar refractivity (Wildman–Crippen MR) is 64.9 cm³/mol. The van der Waals surface area contributed by atoms with Crippen molar-refractivity contribution >= 4 is 29.1 Å². The first-order valence-corrected chi connectivity index (χ1v) is 6.09. The molecule has 0 bridgehead atoms. The Labute approximate surface area is 111 Å². The Bertz CT molecular complexity index is 403. The molecule has 0 aliphatic heterocycles. The van der Waals surface area contributed by atoms with Crippen molar-refractivity contribution in [2.45, 2.75) is 16.5 Å². The second kappa shape index (κ2) is 6.51. The first kappa shape index (κ1) is 15.4. The molecule has 18 heavy (non-hydrogen) atoms. The highest BCUT2D eigenvalue weighted by atomic mass is 35.5. The van der Waals surface area contributed by atoms with Crippen molar-refractivity contribution in [3.63, 3.8) is 0 Å². The van der Waals surface area contributed by atoms with Crippen LogP contribution >= 0.6 is 23.4 Å². The second-order valence-electron chi connectivity index (χ2n) is 3.41. The molecule has 1 atom stereocenters. The van der Waals surface area contributed by atoms with Crippen molar-refractivity contribution in [2.24, 2.45) is 0 Å². The normalized spacial score (nSPS) is 13.4. The lowest BCUT2D eigenvalue weighted by atomic mass is 10.3. The summed E-state index contributed by atoms with van der Waals surface area (Å²) in [6.07, 6.45) is -1.00. The fourth-order valence-corrected chi connectivity index (χ4v) is 1.89. The Balaban J connectivity index is 2.75. The summed E-state index contributed by atoms with van der Waals surface area (Å²) in [4.78, 5) is -0.00658. The summed E-state index contributed by atoms with van der Waals surface area (Å²) in [6, 6.07) is 3.84. The molecule has 8 heteroatoms. The predicted octanol–water partition coefficient (Wildman–Crippen LogP) is 2.72. The molecule has 0 aliphatic carbocycles. The van der Waals surface area contributed by atoms with E-state index in [-0.39, 0.29) is 33.9 Å². The Hall–Kier alpha value is -0.630. The van der Waals surface area contributed by atoms with Crippen LogP contribution in [0.15, 0.2) is 23.1 Å². The third-order valence-electron chi connectivity index (χ3n) is 1.91. The van der Waals surface area contributed by atoms with Gasteiger partial charge in [0.25, 0.3) is 0 Å². The van der Waals surface area contributed by atoms with E-state index in [9.17, 15) is 13.2 Å². The van der Waals surface area contributed by atoms with Crippen LogP contribution in [-0.4, -0.2) is 35.0 Å². The van der Waals surface area contributed by atoms with Gasteiger partial charge in [-0.3, -0.25) is 0 Å². The van der Waals surface area contributed by atoms with E-state index < -0.39 is 18.2 Å². The number of thioether (sulfide) groups is 1. The first-order chi connectivity index (χ1) is 8.31. The topological polar surface area (TPSA) is 52.5 Å². The fraction of sp³-hybridized carbons (Fsp3) is 0.400. The molecule has 0 spiro atoms. The summed E-state index contributed by atoms with van der Waals surface area (Å²) in [5.41, 5.74) is -4.09. The summed E-state index contributed by atoms with van der Waals surface area (Å²) in [5, 5.41) is 20.6. The molecule has 0 heterocycles. The number of hydrogen-bond acceptors (Lipinski definition) is 4. The molecular weight excluding hydrogens is 291 g/mol. The average Bonchev–Trinajstić information content (AvgIpc) is 2.27. The lowest BCUT2D eigenvalue weighted by molar-refractivity contribution is -0.0328. The van der Waals surface area contributed by atoms with Gasteiger partial charge in [-0.15, -0.1) is 0 Å². The third kappa shape index (κ3) is 5.34. The maximum atomic E-state index is 12.2. The molecule has 0 saturated heterocycles. The van der Waals surface area contributed by atoms with Gasteiger partial charge in [-0.25, -0.2) is 0 Å². The van der Waals surface area contributed by atoms with Crippen LogP contribution < -0.4 is 5.32 Å². The van der Waals surface area contributed by atoms with Crippen LogP contribution in [-0.2, 0) is 0 Å². The molecule has 3 nitrogen and oxygen atoms in total. The van der Waals surface area contributed by atoms with Crippen molar-refractivity contribution in [1.82, 2.24) is 0 Å². The number of aliphatic hydroxyl groups excluding tert-OH is 2. The number of halogens is 4. The summed E-state index contributed by atoms with van der Waals surface area (Å²) >= 11 is 5.55. The molecule has 1 unspecified atom stereocenters. The van der Waals surface area contributed by atoms with E-state index in [1.54, 1.807) is 0 Å². The fourth-order valence-electron chi connectivity index (χ4n) is 1.13. The number of anilines is 1. The minimum absolute atomic E-state index is 0.00361. The van der Waals surface area contributed by atoms with Gasteiger partial charge in [-0.1, -0.05) is 11.6 Å². The van der Waals surface area contributed by atoms with Crippen LogP contribution in [0.4, 0.5) is 18.9 Å². The largest absolute Gasteiger partial charge is 0.446 e. The SMILES string of the molecule is OCC(O)CNc1cc(SC(F)(F)F)ccc1Cl. The van der Waals surface area contributed by atoms with Gasteiger partial charge in [0.1, 0.15) is 0 Å². The maximum absolute atomic E-state index is 12.2. The first-order valence-electron chi connectivity index (χ1n) is 4.90. The molecule has 0 aliphatic rings. The molecular formula is C10H11ClF3NO2S. The van der Waals surface area contributed by atoms with Crippen molar-refractivity contribution in [3.8, 4) is 0 Å². The van der Waals surface area contributed by atoms with E-state index in [1.165, 1.54) is 18.2 Å². The van der Waals surface area contributed by atoms with Crippen LogP contribution in [0.2, 0.25) is 5.02 Å². The van der Waals surface area contributed by atoms with E-state index >= 15 is 0 Å². The summed E-state index contributed by atoms with van der Waals surface area (Å²) in [5.74, 6) is 0. The van der Waals surface area contributed by atoms with E-state index in [0.717, 1.165) is 0 Å². The molecule has 0 amide bonds. The molecule has 1 aromatic rings. The average molecular weight is 302 g/mol.